The lowest BCUT2D eigenvalue weighted by molar-refractivity contribution is -0.228. The molecule has 0 aromatic heterocycles. The minimum Gasteiger partial charge on any atom is -0.480 e. The van der Waals surface area contributed by atoms with Gasteiger partial charge in [0.1, 0.15) is 24.4 Å². The van der Waals surface area contributed by atoms with Crippen molar-refractivity contribution in [1.29, 1.82) is 0 Å². The average Bonchev–Trinajstić information content (AvgIpc) is 2.53. The molecule has 0 amide bonds. The van der Waals surface area contributed by atoms with Crippen molar-refractivity contribution >= 4 is 5.97 Å². The molecule has 1 heterocycles. The zero-order valence-electron chi connectivity index (χ0n) is 10.3. The van der Waals surface area contributed by atoms with Crippen molar-refractivity contribution in [2.75, 3.05) is 13.2 Å². The first-order valence-electron chi connectivity index (χ1n) is 5.74. The third-order valence-corrected chi connectivity index (χ3v) is 3.03. The Morgan fingerprint density at radius 3 is 2.42 bits per heavy atom. The number of aliphatic hydroxyl groups is 5. The number of carbonyl (C=O) groups is 1. The van der Waals surface area contributed by atoms with Gasteiger partial charge in [0.05, 0.1) is 19.3 Å². The largest absolute Gasteiger partial charge is 0.480 e. The number of rotatable bonds is 6. The van der Waals surface area contributed by atoms with E-state index in [9.17, 15) is 25.2 Å². The van der Waals surface area contributed by atoms with Gasteiger partial charge in [-0.05, 0) is 6.92 Å². The number of hydrogen-bond donors (Lipinski definition) is 7. The van der Waals surface area contributed by atoms with Crippen LogP contribution in [0.1, 0.15) is 6.92 Å². The molecule has 1 fully saturated rings. The van der Waals surface area contributed by atoms with E-state index in [2.05, 4.69) is 5.32 Å². The number of carboxylic acids is 1. The van der Waals surface area contributed by atoms with Gasteiger partial charge in [-0.2, -0.15) is 0 Å². The van der Waals surface area contributed by atoms with E-state index in [0.29, 0.717) is 0 Å². The predicted octanol–water partition coefficient (Wildman–Crippen LogP) is -3.79. The Balaban J connectivity index is 2.68. The smallest absolute Gasteiger partial charge is 0.323 e. The van der Waals surface area contributed by atoms with Gasteiger partial charge in [-0.1, -0.05) is 0 Å². The molecular formula is C10H19NO8. The summed E-state index contributed by atoms with van der Waals surface area (Å²) in [5, 5.41) is 58.3. The molecule has 1 saturated heterocycles. The lowest BCUT2D eigenvalue weighted by Gasteiger charge is -2.28. The van der Waals surface area contributed by atoms with Crippen molar-refractivity contribution in [3.63, 3.8) is 0 Å². The van der Waals surface area contributed by atoms with Gasteiger partial charge in [0.25, 0.3) is 0 Å². The van der Waals surface area contributed by atoms with Gasteiger partial charge in [0.15, 0.2) is 0 Å². The van der Waals surface area contributed by atoms with E-state index in [1.54, 1.807) is 0 Å². The molecule has 7 N–H and O–H groups in total. The highest BCUT2D eigenvalue weighted by molar-refractivity contribution is 5.74. The quantitative estimate of drug-likeness (QED) is 0.259. The van der Waals surface area contributed by atoms with Crippen LogP contribution in [0.4, 0.5) is 0 Å². The van der Waals surface area contributed by atoms with E-state index in [1.807, 2.05) is 0 Å². The number of ether oxygens (including phenoxy) is 1. The molecule has 0 bridgehead atoms. The van der Waals surface area contributed by atoms with Crippen LogP contribution in [0.2, 0.25) is 0 Å². The summed E-state index contributed by atoms with van der Waals surface area (Å²) in [6.45, 7) is 0.0933. The van der Waals surface area contributed by atoms with Crippen molar-refractivity contribution < 1.29 is 40.2 Å². The molecule has 1 rings (SSSR count). The summed E-state index contributed by atoms with van der Waals surface area (Å²) in [7, 11) is 0. The van der Waals surface area contributed by atoms with Crippen molar-refractivity contribution in [3.8, 4) is 0 Å². The van der Waals surface area contributed by atoms with Gasteiger partial charge >= 0.3 is 5.97 Å². The zero-order valence-corrected chi connectivity index (χ0v) is 10.3. The lowest BCUT2D eigenvalue weighted by Crippen LogP contribution is -2.55. The lowest BCUT2D eigenvalue weighted by atomic mass is 10.0. The van der Waals surface area contributed by atoms with Crippen LogP contribution in [0.3, 0.4) is 0 Å². The molecule has 6 unspecified atom stereocenters. The van der Waals surface area contributed by atoms with Crippen LogP contribution >= 0.6 is 0 Å². The molecule has 6 atom stereocenters. The molecule has 19 heavy (non-hydrogen) atoms. The molecule has 9 heteroatoms. The Hall–Kier alpha value is -0.810. The summed E-state index contributed by atoms with van der Waals surface area (Å²) in [6, 6.07) is -1.37. The first-order chi connectivity index (χ1) is 8.73. The normalized spacial score (nSPS) is 38.1. The molecule has 0 aromatic rings. The van der Waals surface area contributed by atoms with Crippen LogP contribution in [-0.4, -0.2) is 86.0 Å². The fourth-order valence-electron chi connectivity index (χ4n) is 1.88. The highest BCUT2D eigenvalue weighted by Crippen LogP contribution is 2.28. The molecule has 0 spiro atoms. The maximum Gasteiger partial charge on any atom is 0.323 e. The first-order valence-corrected chi connectivity index (χ1v) is 5.74. The van der Waals surface area contributed by atoms with Gasteiger partial charge in [-0.25, -0.2) is 0 Å². The Labute approximate surface area is 109 Å². The number of aliphatic hydroxyl groups excluding tert-OH is 4. The number of carboxylic acid groups (broad SMARTS) is 1. The van der Waals surface area contributed by atoms with Gasteiger partial charge in [0.2, 0.25) is 5.79 Å². The summed E-state index contributed by atoms with van der Waals surface area (Å²) in [4.78, 5) is 10.8. The minimum absolute atomic E-state index is 0.538. The second-order valence-electron chi connectivity index (χ2n) is 4.56. The maximum absolute atomic E-state index is 10.8. The van der Waals surface area contributed by atoms with Crippen LogP contribution in [0.15, 0.2) is 0 Å². The second-order valence-corrected chi connectivity index (χ2v) is 4.56. The fraction of sp³-hybridized carbons (Fsp3) is 0.900. The monoisotopic (exact) mass is 281 g/mol. The number of nitrogens with one attached hydrogen (secondary N) is 1. The third-order valence-electron chi connectivity index (χ3n) is 3.03. The van der Waals surface area contributed by atoms with Gasteiger partial charge < -0.3 is 35.4 Å². The van der Waals surface area contributed by atoms with Gasteiger partial charge in [-0.15, -0.1) is 0 Å². The Morgan fingerprint density at radius 2 is 2.05 bits per heavy atom. The average molecular weight is 281 g/mol. The standard InChI is InChI=1S/C10H19NO8/c1-4(13)6(9(16)17)11-3-10(18)8(15)7(14)5(2-12)19-10/h4-8,11-15,18H,2-3H2,1H3,(H,16,17). The van der Waals surface area contributed by atoms with E-state index in [4.69, 9.17) is 14.9 Å². The molecule has 112 valence electrons. The summed E-state index contributed by atoms with van der Waals surface area (Å²) in [5.74, 6) is -3.58. The molecule has 9 nitrogen and oxygen atoms in total. The van der Waals surface area contributed by atoms with Crippen LogP contribution < -0.4 is 5.32 Å². The number of aliphatic carboxylic acids is 1. The van der Waals surface area contributed by atoms with Crippen LogP contribution in [-0.2, 0) is 9.53 Å². The maximum atomic E-state index is 10.8. The molecule has 0 saturated carbocycles. The molecule has 0 aliphatic carbocycles. The molecule has 1 aliphatic rings. The SMILES string of the molecule is CC(O)C(NCC1(O)OC(CO)C(O)C1O)C(=O)O. The Bertz CT molecular complexity index is 325. The van der Waals surface area contributed by atoms with E-state index in [0.717, 1.165) is 0 Å². The molecule has 0 radical (unpaired) electrons. The summed E-state index contributed by atoms with van der Waals surface area (Å²) in [5.41, 5.74) is 0. The van der Waals surface area contributed by atoms with E-state index in [-0.39, 0.29) is 0 Å². The van der Waals surface area contributed by atoms with E-state index < -0.39 is 55.4 Å². The second kappa shape index (κ2) is 6.09. The van der Waals surface area contributed by atoms with E-state index in [1.165, 1.54) is 6.92 Å². The predicted molar refractivity (Wildman–Crippen MR) is 60.0 cm³/mol. The van der Waals surface area contributed by atoms with Crippen molar-refractivity contribution in [2.45, 2.75) is 43.2 Å². The highest BCUT2D eigenvalue weighted by Gasteiger charge is 2.53. The number of hydrogen-bond acceptors (Lipinski definition) is 8. The van der Waals surface area contributed by atoms with Crippen LogP contribution in [0.25, 0.3) is 0 Å². The molecule has 0 aromatic carbocycles. The molecule has 1 aliphatic heterocycles. The third kappa shape index (κ3) is 3.39. The first kappa shape index (κ1) is 16.2. The zero-order chi connectivity index (χ0) is 14.8. The van der Waals surface area contributed by atoms with Crippen molar-refractivity contribution in [1.82, 2.24) is 5.32 Å². The summed E-state index contributed by atoms with van der Waals surface area (Å²) < 4.78 is 4.90. The van der Waals surface area contributed by atoms with Crippen molar-refractivity contribution in [3.05, 3.63) is 0 Å². The van der Waals surface area contributed by atoms with Gasteiger partial charge in [-0.3, -0.25) is 10.1 Å². The van der Waals surface area contributed by atoms with Gasteiger partial charge in [0, 0.05) is 0 Å². The summed E-state index contributed by atoms with van der Waals surface area (Å²) in [6.07, 6.45) is -5.61. The van der Waals surface area contributed by atoms with Crippen LogP contribution in [0, 0.1) is 0 Å². The molecular weight excluding hydrogens is 262 g/mol. The van der Waals surface area contributed by atoms with E-state index >= 15 is 0 Å². The van der Waals surface area contributed by atoms with Crippen molar-refractivity contribution in [2.24, 2.45) is 0 Å². The highest BCUT2D eigenvalue weighted by atomic mass is 16.7. The van der Waals surface area contributed by atoms with Crippen LogP contribution in [0.5, 0.6) is 0 Å². The summed E-state index contributed by atoms with van der Waals surface area (Å²) >= 11 is 0. The topological polar surface area (TPSA) is 160 Å². The Kier molecular flexibility index (Phi) is 5.21. The minimum atomic E-state index is -2.24. The Morgan fingerprint density at radius 1 is 1.47 bits per heavy atom. The fourth-order valence-corrected chi connectivity index (χ4v) is 1.88.